The molecule has 32 heavy (non-hydrogen) atoms. The summed E-state index contributed by atoms with van der Waals surface area (Å²) in [6, 6.07) is 0. The fourth-order valence-electron chi connectivity index (χ4n) is 2.56. The molecule has 0 saturated carbocycles. The first-order valence-electron chi connectivity index (χ1n) is 12.3. The molecule has 0 heterocycles. The molecule has 0 bridgehead atoms. The van der Waals surface area contributed by atoms with E-state index in [4.69, 9.17) is 14.2 Å². The monoisotopic (exact) mass is 460 g/mol. The summed E-state index contributed by atoms with van der Waals surface area (Å²) in [4.78, 5) is 34.2. The zero-order chi connectivity index (χ0) is 24.3. The van der Waals surface area contributed by atoms with Gasteiger partial charge in [-0.1, -0.05) is 46.5 Å². The first-order valence-corrected chi connectivity index (χ1v) is 12.3. The van der Waals surface area contributed by atoms with Crippen molar-refractivity contribution in [2.45, 2.75) is 85.5 Å². The second kappa shape index (κ2) is 27.5. The van der Waals surface area contributed by atoms with Gasteiger partial charge in [-0.3, -0.25) is 14.4 Å². The van der Waals surface area contributed by atoms with E-state index in [1.54, 1.807) is 0 Å². The van der Waals surface area contributed by atoms with Crippen molar-refractivity contribution >= 4 is 17.6 Å². The van der Waals surface area contributed by atoms with Crippen LogP contribution >= 0.6 is 0 Å². The van der Waals surface area contributed by atoms with Gasteiger partial charge in [0.05, 0.1) is 39.6 Å². The Hall–Kier alpha value is -1.51. The van der Waals surface area contributed by atoms with Gasteiger partial charge < -0.3 is 24.8 Å². The van der Waals surface area contributed by atoms with Crippen LogP contribution in [0, 0.1) is 0 Å². The molecule has 0 aliphatic rings. The Bertz CT molecular complexity index is 446. The highest BCUT2D eigenvalue weighted by molar-refractivity contribution is 5.78. The molecule has 0 aromatic rings. The average Bonchev–Trinajstić information content (AvgIpc) is 2.78. The minimum atomic E-state index is -0.0649. The standard InChI is InChI=1S/C22H42N2O6.C2H6/c1-3-4-5-6-7-12-23-21(26)9-8-10-22(27)24-13-15-29-17-19-30-18-16-28-14-11-20(2)25;1-2/h3-19H2,1-2H3,(H,23,26)(H,24,27);1-2H3. The third-order valence-electron chi connectivity index (χ3n) is 4.32. The van der Waals surface area contributed by atoms with Crippen molar-refractivity contribution in [3.05, 3.63) is 0 Å². The molecule has 0 fully saturated rings. The Labute approximate surface area is 195 Å². The maximum absolute atomic E-state index is 11.7. The molecular weight excluding hydrogens is 412 g/mol. The molecule has 0 saturated heterocycles. The SMILES string of the molecule is CC.CCCCCCCNC(=O)CCCC(=O)NCCOCCOCCOCCC(C)=O. The zero-order valence-corrected chi connectivity index (χ0v) is 21.0. The van der Waals surface area contributed by atoms with Crippen LogP contribution in [0.4, 0.5) is 0 Å². The lowest BCUT2D eigenvalue weighted by Gasteiger charge is -2.08. The molecule has 0 radical (unpaired) electrons. The predicted octanol–water partition coefficient (Wildman–Crippen LogP) is 3.41. The summed E-state index contributed by atoms with van der Waals surface area (Å²) in [6.45, 7) is 11.6. The molecule has 0 aromatic heterocycles. The Morgan fingerprint density at radius 2 is 1.09 bits per heavy atom. The number of hydrogen-bond acceptors (Lipinski definition) is 6. The molecule has 0 spiro atoms. The molecule has 0 atom stereocenters. The van der Waals surface area contributed by atoms with Crippen LogP contribution in [0.3, 0.4) is 0 Å². The Morgan fingerprint density at radius 3 is 1.66 bits per heavy atom. The fourth-order valence-corrected chi connectivity index (χ4v) is 2.56. The lowest BCUT2D eigenvalue weighted by Crippen LogP contribution is -2.28. The topological polar surface area (TPSA) is 103 Å². The number of hydrogen-bond donors (Lipinski definition) is 2. The summed E-state index contributed by atoms with van der Waals surface area (Å²) in [5, 5.41) is 5.68. The quantitative estimate of drug-likeness (QED) is 0.240. The van der Waals surface area contributed by atoms with Crippen LogP contribution in [0.5, 0.6) is 0 Å². The molecule has 8 nitrogen and oxygen atoms in total. The minimum Gasteiger partial charge on any atom is -0.379 e. The Morgan fingerprint density at radius 1 is 0.594 bits per heavy atom. The van der Waals surface area contributed by atoms with Crippen molar-refractivity contribution in [2.75, 3.05) is 52.7 Å². The van der Waals surface area contributed by atoms with Gasteiger partial charge in [-0.15, -0.1) is 0 Å². The molecule has 2 N–H and O–H groups in total. The second-order valence-electron chi connectivity index (χ2n) is 7.26. The summed E-state index contributed by atoms with van der Waals surface area (Å²) in [5.41, 5.74) is 0. The number of amides is 2. The number of rotatable bonds is 22. The average molecular weight is 461 g/mol. The van der Waals surface area contributed by atoms with E-state index in [9.17, 15) is 14.4 Å². The van der Waals surface area contributed by atoms with Gasteiger partial charge in [-0.05, 0) is 19.8 Å². The fraction of sp³-hybridized carbons (Fsp3) is 0.875. The lowest BCUT2D eigenvalue weighted by molar-refractivity contribution is -0.122. The van der Waals surface area contributed by atoms with E-state index < -0.39 is 0 Å². The van der Waals surface area contributed by atoms with Crippen molar-refractivity contribution in [3.8, 4) is 0 Å². The first-order chi connectivity index (χ1) is 15.6. The van der Waals surface area contributed by atoms with E-state index in [-0.39, 0.29) is 17.6 Å². The highest BCUT2D eigenvalue weighted by Gasteiger charge is 2.04. The van der Waals surface area contributed by atoms with E-state index in [1.165, 1.54) is 26.2 Å². The normalized spacial score (nSPS) is 10.2. The van der Waals surface area contributed by atoms with E-state index >= 15 is 0 Å². The number of carbonyl (C=O) groups excluding carboxylic acids is 3. The van der Waals surface area contributed by atoms with Gasteiger partial charge in [0.25, 0.3) is 0 Å². The van der Waals surface area contributed by atoms with E-state index in [1.807, 2.05) is 13.8 Å². The third-order valence-corrected chi connectivity index (χ3v) is 4.32. The van der Waals surface area contributed by atoms with Crippen LogP contribution in [0.25, 0.3) is 0 Å². The number of ether oxygens (including phenoxy) is 3. The summed E-state index contributed by atoms with van der Waals surface area (Å²) in [7, 11) is 0. The number of unbranched alkanes of at least 4 members (excludes halogenated alkanes) is 4. The summed E-state index contributed by atoms with van der Waals surface area (Å²) < 4.78 is 16.0. The molecule has 0 aliphatic carbocycles. The molecule has 190 valence electrons. The highest BCUT2D eigenvalue weighted by atomic mass is 16.5. The van der Waals surface area contributed by atoms with Crippen LogP contribution in [0.15, 0.2) is 0 Å². The van der Waals surface area contributed by atoms with Gasteiger partial charge in [0, 0.05) is 32.4 Å². The maximum Gasteiger partial charge on any atom is 0.220 e. The van der Waals surface area contributed by atoms with Gasteiger partial charge in [0.2, 0.25) is 11.8 Å². The molecule has 0 aromatic carbocycles. The molecular formula is C24H48N2O6. The number of ketones is 1. The molecule has 0 unspecified atom stereocenters. The van der Waals surface area contributed by atoms with Crippen LogP contribution in [-0.4, -0.2) is 70.3 Å². The summed E-state index contributed by atoms with van der Waals surface area (Å²) in [5.74, 6) is 0.0706. The van der Waals surface area contributed by atoms with Gasteiger partial charge in [0.1, 0.15) is 5.78 Å². The minimum absolute atomic E-state index is 0.0193. The Kier molecular flexibility index (Phi) is 28.1. The second-order valence-corrected chi connectivity index (χ2v) is 7.26. The highest BCUT2D eigenvalue weighted by Crippen LogP contribution is 2.01. The van der Waals surface area contributed by atoms with Crippen LogP contribution in [0.1, 0.15) is 85.5 Å². The van der Waals surface area contributed by atoms with Gasteiger partial charge >= 0.3 is 0 Å². The van der Waals surface area contributed by atoms with Crippen molar-refractivity contribution < 1.29 is 28.6 Å². The van der Waals surface area contributed by atoms with E-state index in [0.717, 1.165) is 19.4 Å². The van der Waals surface area contributed by atoms with Crippen molar-refractivity contribution in [1.82, 2.24) is 10.6 Å². The molecule has 2 amide bonds. The van der Waals surface area contributed by atoms with Crippen molar-refractivity contribution in [2.24, 2.45) is 0 Å². The van der Waals surface area contributed by atoms with Crippen LogP contribution < -0.4 is 10.6 Å². The van der Waals surface area contributed by atoms with E-state index in [0.29, 0.717) is 71.9 Å². The predicted molar refractivity (Wildman–Crippen MR) is 128 cm³/mol. The van der Waals surface area contributed by atoms with Crippen LogP contribution in [-0.2, 0) is 28.6 Å². The van der Waals surface area contributed by atoms with Gasteiger partial charge in [0.15, 0.2) is 0 Å². The number of Topliss-reactive ketones (excluding diaryl/α,β-unsaturated/α-hetero) is 1. The number of nitrogens with one attached hydrogen (secondary N) is 2. The summed E-state index contributed by atoms with van der Waals surface area (Å²) >= 11 is 0. The number of carbonyl (C=O) groups is 3. The van der Waals surface area contributed by atoms with Crippen molar-refractivity contribution in [3.63, 3.8) is 0 Å². The first kappa shape index (κ1) is 32.7. The van der Waals surface area contributed by atoms with Crippen molar-refractivity contribution in [1.29, 1.82) is 0 Å². The van der Waals surface area contributed by atoms with Gasteiger partial charge in [-0.25, -0.2) is 0 Å². The smallest absolute Gasteiger partial charge is 0.220 e. The zero-order valence-electron chi connectivity index (χ0n) is 21.0. The summed E-state index contributed by atoms with van der Waals surface area (Å²) in [6.07, 6.45) is 7.58. The molecule has 8 heteroatoms. The molecule has 0 aliphatic heterocycles. The Balaban J connectivity index is 0. The maximum atomic E-state index is 11.7. The molecule has 0 rings (SSSR count). The largest absolute Gasteiger partial charge is 0.379 e. The third kappa shape index (κ3) is 28.5. The van der Waals surface area contributed by atoms with E-state index in [2.05, 4.69) is 17.6 Å². The van der Waals surface area contributed by atoms with Gasteiger partial charge in [-0.2, -0.15) is 0 Å². The van der Waals surface area contributed by atoms with Crippen LogP contribution in [0.2, 0.25) is 0 Å². The lowest BCUT2D eigenvalue weighted by atomic mass is 10.1.